The Kier molecular flexibility index (Phi) is 4.09. The van der Waals surface area contributed by atoms with Crippen LogP contribution in [0.4, 0.5) is 4.39 Å². The molecule has 1 aromatic carbocycles. The Bertz CT molecular complexity index is 350. The largest absolute Gasteiger partial charge is 0.493 e. The van der Waals surface area contributed by atoms with Crippen molar-refractivity contribution in [1.29, 1.82) is 0 Å². The Balaban J connectivity index is 3.02. The normalized spacial score (nSPS) is 9.80. The van der Waals surface area contributed by atoms with Gasteiger partial charge in [-0.1, -0.05) is 0 Å². The van der Waals surface area contributed by atoms with Crippen LogP contribution in [0.15, 0.2) is 12.1 Å². The fraction of sp³-hybridized carbons (Fsp3) is 0.364. The lowest BCUT2D eigenvalue weighted by molar-refractivity contribution is -0.107. The molecule has 0 amide bonds. The zero-order valence-corrected chi connectivity index (χ0v) is 8.75. The lowest BCUT2D eigenvalue weighted by Crippen LogP contribution is -1.96. The summed E-state index contributed by atoms with van der Waals surface area (Å²) in [6.07, 6.45) is 1.67. The first-order valence-electron chi connectivity index (χ1n) is 4.57. The second-order valence-corrected chi connectivity index (χ2v) is 3.02. The summed E-state index contributed by atoms with van der Waals surface area (Å²) in [5.74, 6) is -0.0384. The van der Waals surface area contributed by atoms with Crippen LogP contribution in [0.1, 0.15) is 12.0 Å². The Morgan fingerprint density at radius 1 is 1.33 bits per heavy atom. The minimum atomic E-state index is -0.474. The van der Waals surface area contributed by atoms with E-state index in [-0.39, 0.29) is 5.75 Å². The van der Waals surface area contributed by atoms with Gasteiger partial charge in [-0.25, -0.2) is 4.39 Å². The Hall–Kier alpha value is -1.58. The zero-order chi connectivity index (χ0) is 11.3. The van der Waals surface area contributed by atoms with Gasteiger partial charge in [-0.05, 0) is 24.1 Å². The number of carbonyl (C=O) groups excluding carboxylic acids is 1. The van der Waals surface area contributed by atoms with Gasteiger partial charge in [0, 0.05) is 6.42 Å². The van der Waals surface area contributed by atoms with Gasteiger partial charge in [-0.15, -0.1) is 0 Å². The molecular formula is C11H13FO3. The monoisotopic (exact) mass is 212 g/mol. The molecular weight excluding hydrogens is 199 g/mol. The van der Waals surface area contributed by atoms with Crippen LogP contribution in [-0.4, -0.2) is 20.5 Å². The van der Waals surface area contributed by atoms with Crippen LogP contribution in [0.25, 0.3) is 0 Å². The van der Waals surface area contributed by atoms with Crippen molar-refractivity contribution in [3.05, 3.63) is 23.5 Å². The smallest absolute Gasteiger partial charge is 0.196 e. The van der Waals surface area contributed by atoms with Crippen LogP contribution in [0, 0.1) is 5.82 Å². The highest BCUT2D eigenvalue weighted by Crippen LogP contribution is 2.31. The zero-order valence-electron chi connectivity index (χ0n) is 8.75. The molecule has 15 heavy (non-hydrogen) atoms. The summed E-state index contributed by atoms with van der Waals surface area (Å²) in [7, 11) is 2.83. The summed E-state index contributed by atoms with van der Waals surface area (Å²) in [6.45, 7) is 0. The number of aryl methyl sites for hydroxylation is 1. The molecule has 1 rings (SSSR count). The molecule has 0 radical (unpaired) electrons. The van der Waals surface area contributed by atoms with Gasteiger partial charge in [-0.3, -0.25) is 0 Å². The van der Waals surface area contributed by atoms with Crippen molar-refractivity contribution in [2.24, 2.45) is 0 Å². The van der Waals surface area contributed by atoms with Crippen molar-refractivity contribution in [2.45, 2.75) is 12.8 Å². The van der Waals surface area contributed by atoms with E-state index in [1.165, 1.54) is 20.3 Å². The first-order valence-corrected chi connectivity index (χ1v) is 4.57. The second-order valence-electron chi connectivity index (χ2n) is 3.02. The Morgan fingerprint density at radius 2 is 2.07 bits per heavy atom. The SMILES string of the molecule is COc1cc(CCC=O)cc(F)c1OC. The van der Waals surface area contributed by atoms with Gasteiger partial charge in [0.15, 0.2) is 17.3 Å². The maximum Gasteiger partial charge on any atom is 0.196 e. The Labute approximate surface area is 87.8 Å². The average molecular weight is 212 g/mol. The molecule has 0 aromatic heterocycles. The molecule has 0 fully saturated rings. The van der Waals surface area contributed by atoms with Crippen molar-refractivity contribution >= 4 is 6.29 Å². The molecule has 3 nitrogen and oxygen atoms in total. The molecule has 0 saturated heterocycles. The number of rotatable bonds is 5. The summed E-state index contributed by atoms with van der Waals surface area (Å²) in [5, 5.41) is 0. The van der Waals surface area contributed by atoms with Crippen molar-refractivity contribution in [3.8, 4) is 11.5 Å². The third kappa shape index (κ3) is 2.68. The van der Waals surface area contributed by atoms with Crippen LogP contribution in [0.5, 0.6) is 11.5 Å². The molecule has 0 saturated carbocycles. The standard InChI is InChI=1S/C11H13FO3/c1-14-10-7-8(4-3-5-13)6-9(12)11(10)15-2/h5-7H,3-4H2,1-2H3. The molecule has 4 heteroatoms. The van der Waals surface area contributed by atoms with E-state index >= 15 is 0 Å². The molecule has 82 valence electrons. The lowest BCUT2D eigenvalue weighted by atomic mass is 10.1. The average Bonchev–Trinajstić information content (AvgIpc) is 2.25. The summed E-state index contributed by atoms with van der Waals surface area (Å²) < 4.78 is 23.3. The first-order chi connectivity index (χ1) is 7.22. The topological polar surface area (TPSA) is 35.5 Å². The van der Waals surface area contributed by atoms with E-state index in [2.05, 4.69) is 0 Å². The predicted molar refractivity (Wildman–Crippen MR) is 53.9 cm³/mol. The minimum Gasteiger partial charge on any atom is -0.493 e. The van der Waals surface area contributed by atoms with E-state index < -0.39 is 5.82 Å². The van der Waals surface area contributed by atoms with E-state index in [0.29, 0.717) is 18.6 Å². The molecule has 0 aliphatic heterocycles. The molecule has 0 aliphatic rings. The van der Waals surface area contributed by atoms with Gasteiger partial charge >= 0.3 is 0 Å². The second kappa shape index (κ2) is 5.34. The molecule has 0 aliphatic carbocycles. The number of halogens is 1. The number of aldehydes is 1. The number of ether oxygens (including phenoxy) is 2. The van der Waals surface area contributed by atoms with Crippen molar-refractivity contribution < 1.29 is 18.7 Å². The third-order valence-corrected chi connectivity index (χ3v) is 2.04. The Morgan fingerprint density at radius 3 is 2.60 bits per heavy atom. The molecule has 1 aromatic rings. The van der Waals surface area contributed by atoms with Crippen LogP contribution >= 0.6 is 0 Å². The molecule has 0 bridgehead atoms. The number of hydrogen-bond donors (Lipinski definition) is 0. The van der Waals surface area contributed by atoms with Gasteiger partial charge in [0.05, 0.1) is 14.2 Å². The first kappa shape index (κ1) is 11.5. The van der Waals surface area contributed by atoms with Crippen LogP contribution in [0.3, 0.4) is 0 Å². The third-order valence-electron chi connectivity index (χ3n) is 2.04. The van der Waals surface area contributed by atoms with Crippen molar-refractivity contribution in [2.75, 3.05) is 14.2 Å². The molecule has 0 unspecified atom stereocenters. The van der Waals surface area contributed by atoms with Crippen molar-refractivity contribution in [3.63, 3.8) is 0 Å². The van der Waals surface area contributed by atoms with Crippen LogP contribution in [0.2, 0.25) is 0 Å². The highest BCUT2D eigenvalue weighted by Gasteiger charge is 2.11. The van der Waals surface area contributed by atoms with Gasteiger partial charge < -0.3 is 14.3 Å². The van der Waals surface area contributed by atoms with Crippen LogP contribution < -0.4 is 9.47 Å². The molecule has 0 spiro atoms. The summed E-state index contributed by atoms with van der Waals surface area (Å²) in [5.41, 5.74) is 0.720. The summed E-state index contributed by atoms with van der Waals surface area (Å²) in [4.78, 5) is 10.2. The van der Waals surface area contributed by atoms with E-state index in [1.807, 2.05) is 0 Å². The minimum absolute atomic E-state index is 0.0901. The van der Waals surface area contributed by atoms with E-state index in [4.69, 9.17) is 9.47 Å². The van der Waals surface area contributed by atoms with E-state index in [1.54, 1.807) is 6.07 Å². The van der Waals surface area contributed by atoms with Gasteiger partial charge in [0.2, 0.25) is 0 Å². The van der Waals surface area contributed by atoms with E-state index in [9.17, 15) is 9.18 Å². The van der Waals surface area contributed by atoms with Gasteiger partial charge in [-0.2, -0.15) is 0 Å². The fourth-order valence-electron chi connectivity index (χ4n) is 1.34. The number of benzene rings is 1. The summed E-state index contributed by atoms with van der Waals surface area (Å²) >= 11 is 0. The fourth-order valence-corrected chi connectivity index (χ4v) is 1.34. The maximum absolute atomic E-state index is 13.4. The lowest BCUT2D eigenvalue weighted by Gasteiger charge is -2.10. The molecule has 0 atom stereocenters. The maximum atomic E-state index is 13.4. The number of hydrogen-bond acceptors (Lipinski definition) is 3. The number of carbonyl (C=O) groups is 1. The highest BCUT2D eigenvalue weighted by molar-refractivity contribution is 5.51. The number of methoxy groups -OCH3 is 2. The summed E-state index contributed by atoms with van der Waals surface area (Å²) in [6, 6.07) is 3.02. The van der Waals surface area contributed by atoms with E-state index in [0.717, 1.165) is 11.8 Å². The van der Waals surface area contributed by atoms with Crippen LogP contribution in [-0.2, 0) is 11.2 Å². The van der Waals surface area contributed by atoms with Crippen molar-refractivity contribution in [1.82, 2.24) is 0 Å². The predicted octanol–water partition coefficient (Wildman–Crippen LogP) is 1.97. The highest BCUT2D eigenvalue weighted by atomic mass is 19.1. The van der Waals surface area contributed by atoms with Gasteiger partial charge in [0.1, 0.15) is 6.29 Å². The van der Waals surface area contributed by atoms with Gasteiger partial charge in [0.25, 0.3) is 0 Å². The molecule has 0 heterocycles. The quantitative estimate of drug-likeness (QED) is 0.700. The molecule has 0 N–H and O–H groups in total.